The molecule has 89 valence electrons. The summed E-state index contributed by atoms with van der Waals surface area (Å²) in [7, 11) is 0. The minimum Gasteiger partial charge on any atom is -0.490 e. The van der Waals surface area contributed by atoms with Gasteiger partial charge < -0.3 is 4.74 Å². The molecule has 0 bridgehead atoms. The molecule has 0 fully saturated rings. The number of hydrogen-bond acceptors (Lipinski definition) is 1. The van der Waals surface area contributed by atoms with E-state index < -0.39 is 5.82 Å². The Balaban J connectivity index is 2.05. The molecule has 2 heteroatoms. The zero-order valence-corrected chi connectivity index (χ0v) is 9.97. The summed E-state index contributed by atoms with van der Waals surface area (Å²) in [6.07, 6.45) is 7.28. The van der Waals surface area contributed by atoms with Crippen molar-refractivity contribution in [2.75, 3.05) is 6.61 Å². The lowest BCUT2D eigenvalue weighted by Crippen LogP contribution is -1.99. The zero-order valence-electron chi connectivity index (χ0n) is 9.97. The fraction of sp³-hybridized carbons (Fsp3) is 0.571. The molecule has 0 aliphatic rings. The molecular weight excluding hydrogens is 203 g/mol. The highest BCUT2D eigenvalue weighted by molar-refractivity contribution is 5.22. The summed E-state index contributed by atoms with van der Waals surface area (Å²) < 4.78 is 18.4. The Labute approximate surface area is 97.6 Å². The van der Waals surface area contributed by atoms with E-state index in [4.69, 9.17) is 4.74 Å². The molecule has 0 atom stereocenters. The number of ether oxygens (including phenoxy) is 1. The van der Waals surface area contributed by atoms with Crippen LogP contribution in [0.5, 0.6) is 5.75 Å². The van der Waals surface area contributed by atoms with Gasteiger partial charge in [0.05, 0.1) is 6.61 Å². The number of halogens is 1. The van der Waals surface area contributed by atoms with Gasteiger partial charge in [-0.2, -0.15) is 0 Å². The van der Waals surface area contributed by atoms with Gasteiger partial charge in [-0.1, -0.05) is 51.2 Å². The first-order chi connectivity index (χ1) is 7.84. The van der Waals surface area contributed by atoms with Crippen molar-refractivity contribution in [1.82, 2.24) is 0 Å². The molecule has 0 unspecified atom stereocenters. The molecule has 0 heterocycles. The maximum atomic E-state index is 13.1. The quantitative estimate of drug-likeness (QED) is 0.595. The lowest BCUT2D eigenvalue weighted by Gasteiger charge is -2.06. The van der Waals surface area contributed by atoms with Gasteiger partial charge in [0.2, 0.25) is 0 Å². The van der Waals surface area contributed by atoms with E-state index >= 15 is 0 Å². The van der Waals surface area contributed by atoms with Gasteiger partial charge in [-0.15, -0.1) is 0 Å². The van der Waals surface area contributed by atoms with E-state index in [1.807, 2.05) is 0 Å². The van der Waals surface area contributed by atoms with Crippen LogP contribution in [-0.2, 0) is 0 Å². The third-order valence-electron chi connectivity index (χ3n) is 2.53. The molecule has 1 aromatic rings. The second-order valence-corrected chi connectivity index (χ2v) is 3.96. The van der Waals surface area contributed by atoms with Gasteiger partial charge in [0.1, 0.15) is 0 Å². The van der Waals surface area contributed by atoms with E-state index in [1.165, 1.54) is 25.7 Å². The number of unbranched alkanes of at least 4 members (excludes halogenated alkanes) is 5. The average Bonchev–Trinajstić information content (AvgIpc) is 2.30. The molecule has 1 nitrogen and oxygen atoms in total. The Morgan fingerprint density at radius 1 is 1.19 bits per heavy atom. The van der Waals surface area contributed by atoms with Gasteiger partial charge in [-0.25, -0.2) is 4.39 Å². The summed E-state index contributed by atoms with van der Waals surface area (Å²) in [5.41, 5.74) is 0. The molecule has 1 aromatic carbocycles. The van der Waals surface area contributed by atoms with E-state index in [-0.39, 0.29) is 0 Å². The predicted octanol–water partition coefficient (Wildman–Crippen LogP) is 4.37. The molecule has 16 heavy (non-hydrogen) atoms. The van der Waals surface area contributed by atoms with Gasteiger partial charge in [0.25, 0.3) is 0 Å². The largest absolute Gasteiger partial charge is 0.490 e. The maximum Gasteiger partial charge on any atom is 0.172 e. The van der Waals surface area contributed by atoms with Crippen molar-refractivity contribution >= 4 is 0 Å². The van der Waals surface area contributed by atoms with Crippen LogP contribution in [0.1, 0.15) is 45.4 Å². The van der Waals surface area contributed by atoms with Crippen LogP contribution in [0.2, 0.25) is 0 Å². The van der Waals surface area contributed by atoms with Crippen molar-refractivity contribution in [3.8, 4) is 5.75 Å². The van der Waals surface area contributed by atoms with Crippen LogP contribution < -0.4 is 4.74 Å². The van der Waals surface area contributed by atoms with Crippen LogP contribution in [0.4, 0.5) is 4.39 Å². The standard InChI is InChI=1S/C14H20FO/c1-2-3-4-5-6-9-12-16-14-11-8-7-10-13(14)15/h7-8,11H,2-6,9,12H2,1H3. The Kier molecular flexibility index (Phi) is 6.62. The Morgan fingerprint density at radius 2 is 1.94 bits per heavy atom. The molecule has 1 rings (SSSR count). The van der Waals surface area contributed by atoms with E-state index in [2.05, 4.69) is 13.0 Å². The predicted molar refractivity (Wildman–Crippen MR) is 64.1 cm³/mol. The second kappa shape index (κ2) is 8.14. The Hall–Kier alpha value is -1.05. The molecule has 0 aliphatic carbocycles. The van der Waals surface area contributed by atoms with Crippen LogP contribution in [0.3, 0.4) is 0 Å². The van der Waals surface area contributed by atoms with Crippen molar-refractivity contribution in [2.45, 2.75) is 45.4 Å². The van der Waals surface area contributed by atoms with Crippen LogP contribution >= 0.6 is 0 Å². The summed E-state index contributed by atoms with van der Waals surface area (Å²) in [5, 5.41) is 0. The SMILES string of the molecule is CCCCCCCCOc1ccc[c]c1F. The maximum absolute atomic E-state index is 13.1. The molecule has 0 aromatic heterocycles. The van der Waals surface area contributed by atoms with E-state index in [0.717, 1.165) is 12.8 Å². The first kappa shape index (κ1) is 13.0. The highest BCUT2D eigenvalue weighted by Crippen LogP contribution is 2.15. The summed E-state index contributed by atoms with van der Waals surface area (Å²) in [5.74, 6) is -0.0791. The van der Waals surface area contributed by atoms with Crippen LogP contribution in [0, 0.1) is 11.9 Å². The van der Waals surface area contributed by atoms with Gasteiger partial charge >= 0.3 is 0 Å². The first-order valence-electron chi connectivity index (χ1n) is 6.13. The smallest absolute Gasteiger partial charge is 0.172 e. The van der Waals surface area contributed by atoms with Gasteiger partial charge in [0, 0.05) is 6.07 Å². The van der Waals surface area contributed by atoms with E-state index in [0.29, 0.717) is 12.4 Å². The second-order valence-electron chi connectivity index (χ2n) is 3.96. The van der Waals surface area contributed by atoms with Crippen molar-refractivity contribution in [1.29, 1.82) is 0 Å². The van der Waals surface area contributed by atoms with Gasteiger partial charge in [-0.05, 0) is 12.5 Å². The Morgan fingerprint density at radius 3 is 2.69 bits per heavy atom. The molecular formula is C14H20FO. The minimum absolute atomic E-state index is 0.316. The monoisotopic (exact) mass is 223 g/mol. The minimum atomic E-state index is -0.395. The van der Waals surface area contributed by atoms with Crippen molar-refractivity contribution in [2.24, 2.45) is 0 Å². The lowest BCUT2D eigenvalue weighted by molar-refractivity contribution is 0.290. The molecule has 1 radical (unpaired) electrons. The number of hydrogen-bond donors (Lipinski definition) is 0. The third-order valence-corrected chi connectivity index (χ3v) is 2.53. The Bertz CT molecular complexity index is 286. The van der Waals surface area contributed by atoms with Crippen molar-refractivity contribution in [3.05, 3.63) is 30.1 Å². The summed E-state index contributed by atoms with van der Waals surface area (Å²) in [6.45, 7) is 2.80. The van der Waals surface area contributed by atoms with Gasteiger partial charge in [0.15, 0.2) is 11.6 Å². The summed E-state index contributed by atoms with van der Waals surface area (Å²) >= 11 is 0. The van der Waals surface area contributed by atoms with Crippen LogP contribution in [-0.4, -0.2) is 6.61 Å². The van der Waals surface area contributed by atoms with Crippen LogP contribution in [0.25, 0.3) is 0 Å². The lowest BCUT2D eigenvalue weighted by atomic mass is 10.1. The molecule has 0 saturated carbocycles. The van der Waals surface area contributed by atoms with E-state index in [1.54, 1.807) is 18.2 Å². The van der Waals surface area contributed by atoms with Crippen molar-refractivity contribution in [3.63, 3.8) is 0 Å². The molecule has 0 amide bonds. The number of benzene rings is 1. The fourth-order valence-corrected chi connectivity index (χ4v) is 1.58. The first-order valence-corrected chi connectivity index (χ1v) is 6.13. The summed E-state index contributed by atoms with van der Waals surface area (Å²) in [6, 6.07) is 7.40. The van der Waals surface area contributed by atoms with Crippen molar-refractivity contribution < 1.29 is 9.13 Å². The zero-order chi connectivity index (χ0) is 11.6. The normalized spacial score (nSPS) is 10.4. The van der Waals surface area contributed by atoms with Gasteiger partial charge in [-0.3, -0.25) is 0 Å². The van der Waals surface area contributed by atoms with Crippen LogP contribution in [0.15, 0.2) is 18.2 Å². The highest BCUT2D eigenvalue weighted by atomic mass is 19.1. The molecule has 0 saturated heterocycles. The van der Waals surface area contributed by atoms with E-state index in [9.17, 15) is 4.39 Å². The summed E-state index contributed by atoms with van der Waals surface area (Å²) in [4.78, 5) is 0. The highest BCUT2D eigenvalue weighted by Gasteiger charge is 2.00. The molecule has 0 spiro atoms. The topological polar surface area (TPSA) is 9.23 Å². The fourth-order valence-electron chi connectivity index (χ4n) is 1.58. The number of rotatable bonds is 8. The third kappa shape index (κ3) is 5.15. The molecule has 0 aliphatic heterocycles. The average molecular weight is 223 g/mol. The molecule has 0 N–H and O–H groups in total.